The maximum Gasteiger partial charge on any atom is 0.231 e. The van der Waals surface area contributed by atoms with Crippen molar-refractivity contribution in [1.29, 1.82) is 0 Å². The van der Waals surface area contributed by atoms with E-state index in [0.29, 0.717) is 16.8 Å². The molecule has 1 aromatic carbocycles. The van der Waals surface area contributed by atoms with Gasteiger partial charge in [0, 0.05) is 11.1 Å². The molecule has 1 heterocycles. The number of benzene rings is 1. The molecule has 0 fully saturated rings. The second kappa shape index (κ2) is 5.79. The molecule has 2 aromatic rings. The summed E-state index contributed by atoms with van der Waals surface area (Å²) in [5, 5.41) is -0.0492. The Morgan fingerprint density at radius 2 is 2.05 bits per heavy atom. The molecule has 1 N–H and O–H groups in total. The van der Waals surface area contributed by atoms with Gasteiger partial charge < -0.3 is 0 Å². The maximum atomic E-state index is 11.4. The number of ketones is 1. The van der Waals surface area contributed by atoms with E-state index in [4.69, 9.17) is 11.6 Å². The zero-order valence-electron chi connectivity index (χ0n) is 11.3. The molecule has 110 valence electrons. The van der Waals surface area contributed by atoms with Crippen molar-refractivity contribution in [2.45, 2.75) is 6.92 Å². The van der Waals surface area contributed by atoms with Crippen LogP contribution in [0.4, 0.5) is 5.82 Å². The number of hydrogen-bond donors (Lipinski definition) is 1. The van der Waals surface area contributed by atoms with Crippen molar-refractivity contribution in [1.82, 2.24) is 9.97 Å². The van der Waals surface area contributed by atoms with E-state index in [1.165, 1.54) is 13.1 Å². The van der Waals surface area contributed by atoms with E-state index in [-0.39, 0.29) is 16.8 Å². The third-order valence-electron chi connectivity index (χ3n) is 2.57. The average Bonchev–Trinajstić information content (AvgIpc) is 2.40. The summed E-state index contributed by atoms with van der Waals surface area (Å²) in [5.74, 6) is -0.127. The predicted octanol–water partition coefficient (Wildman–Crippen LogP) is 2.37. The standard InChI is InChI=1S/C13H12ClN3O3S/c1-8(18)9-4-3-5-10(6-9)11-7-15-12(14)13(16-11)17-21(2,19)20/h3-7H,1-2H3,(H,16,17). The largest absolute Gasteiger partial charge is 0.295 e. The first-order valence-corrected chi connectivity index (χ1v) is 8.15. The van der Waals surface area contributed by atoms with Crippen LogP contribution in [0.2, 0.25) is 5.15 Å². The van der Waals surface area contributed by atoms with Crippen LogP contribution in [0.25, 0.3) is 11.3 Å². The molecule has 0 radical (unpaired) electrons. The second-order valence-electron chi connectivity index (χ2n) is 4.41. The minimum Gasteiger partial charge on any atom is -0.295 e. The fraction of sp³-hybridized carbons (Fsp3) is 0.154. The third-order valence-corrected chi connectivity index (χ3v) is 3.42. The third kappa shape index (κ3) is 3.99. The topological polar surface area (TPSA) is 89.0 Å². The molecule has 21 heavy (non-hydrogen) atoms. The van der Waals surface area contributed by atoms with E-state index >= 15 is 0 Å². The highest BCUT2D eigenvalue weighted by Gasteiger charge is 2.12. The molecule has 0 aliphatic rings. The lowest BCUT2D eigenvalue weighted by Gasteiger charge is -2.08. The molecule has 0 bridgehead atoms. The van der Waals surface area contributed by atoms with Crippen LogP contribution in [0.3, 0.4) is 0 Å². The van der Waals surface area contributed by atoms with E-state index in [9.17, 15) is 13.2 Å². The van der Waals surface area contributed by atoms with Gasteiger partial charge in [0.2, 0.25) is 10.0 Å². The van der Waals surface area contributed by atoms with Crippen LogP contribution >= 0.6 is 11.6 Å². The lowest BCUT2D eigenvalue weighted by atomic mass is 10.1. The van der Waals surface area contributed by atoms with Crippen LogP contribution in [0, 0.1) is 0 Å². The Morgan fingerprint density at radius 3 is 2.67 bits per heavy atom. The average molecular weight is 326 g/mol. The van der Waals surface area contributed by atoms with Gasteiger partial charge >= 0.3 is 0 Å². The number of rotatable bonds is 4. The van der Waals surface area contributed by atoms with Gasteiger partial charge in [0.15, 0.2) is 16.8 Å². The first-order valence-electron chi connectivity index (χ1n) is 5.88. The highest BCUT2D eigenvalue weighted by molar-refractivity contribution is 7.92. The minimum atomic E-state index is -3.51. The van der Waals surface area contributed by atoms with Crippen molar-refractivity contribution in [3.05, 3.63) is 41.2 Å². The van der Waals surface area contributed by atoms with E-state index in [2.05, 4.69) is 14.7 Å². The van der Waals surface area contributed by atoms with Gasteiger partial charge in [0.25, 0.3) is 0 Å². The Hall–Kier alpha value is -1.99. The van der Waals surface area contributed by atoms with Crippen LogP contribution in [0.15, 0.2) is 30.5 Å². The minimum absolute atomic E-state index is 0.0492. The van der Waals surface area contributed by atoms with E-state index in [1.807, 2.05) is 0 Å². The van der Waals surface area contributed by atoms with Crippen LogP contribution < -0.4 is 4.72 Å². The van der Waals surface area contributed by atoms with Crippen molar-refractivity contribution >= 4 is 33.2 Å². The molecule has 8 heteroatoms. The first kappa shape index (κ1) is 15.4. The van der Waals surface area contributed by atoms with Crippen molar-refractivity contribution in [2.24, 2.45) is 0 Å². The molecule has 6 nitrogen and oxygen atoms in total. The summed E-state index contributed by atoms with van der Waals surface area (Å²) in [7, 11) is -3.51. The molecule has 0 aliphatic heterocycles. The zero-order chi connectivity index (χ0) is 15.6. The van der Waals surface area contributed by atoms with E-state index in [0.717, 1.165) is 6.26 Å². The summed E-state index contributed by atoms with van der Waals surface area (Å²) >= 11 is 5.82. The number of anilines is 1. The normalized spacial score (nSPS) is 11.2. The van der Waals surface area contributed by atoms with Gasteiger partial charge in [-0.05, 0) is 13.0 Å². The molecule has 1 aromatic heterocycles. The lowest BCUT2D eigenvalue weighted by molar-refractivity contribution is 0.101. The van der Waals surface area contributed by atoms with Crippen molar-refractivity contribution in [3.8, 4) is 11.3 Å². The Morgan fingerprint density at radius 1 is 1.33 bits per heavy atom. The fourth-order valence-electron chi connectivity index (χ4n) is 1.65. The van der Waals surface area contributed by atoms with Crippen LogP contribution in [-0.2, 0) is 10.0 Å². The molecule has 0 unspecified atom stereocenters. The van der Waals surface area contributed by atoms with Crippen LogP contribution in [0.1, 0.15) is 17.3 Å². The van der Waals surface area contributed by atoms with Crippen LogP contribution in [0.5, 0.6) is 0 Å². The van der Waals surface area contributed by atoms with Gasteiger partial charge in [-0.25, -0.2) is 18.4 Å². The highest BCUT2D eigenvalue weighted by Crippen LogP contribution is 2.24. The van der Waals surface area contributed by atoms with Gasteiger partial charge in [-0.2, -0.15) is 0 Å². The molecule has 0 atom stereocenters. The molecular formula is C13H12ClN3O3S. The first-order chi connectivity index (χ1) is 9.76. The number of nitrogens with one attached hydrogen (secondary N) is 1. The van der Waals surface area contributed by atoms with Crippen molar-refractivity contribution in [3.63, 3.8) is 0 Å². The quantitative estimate of drug-likeness (QED) is 0.872. The Balaban J connectivity index is 2.48. The van der Waals surface area contributed by atoms with Crippen LogP contribution in [-0.4, -0.2) is 30.4 Å². The van der Waals surface area contributed by atoms with E-state index < -0.39 is 10.0 Å². The molecule has 2 rings (SSSR count). The number of nitrogens with zero attached hydrogens (tertiary/aromatic N) is 2. The SMILES string of the molecule is CC(=O)c1cccc(-c2cnc(Cl)c(NS(C)(=O)=O)n2)c1. The van der Waals surface area contributed by atoms with Gasteiger partial charge in [0.05, 0.1) is 18.1 Å². The summed E-state index contributed by atoms with van der Waals surface area (Å²) in [5.41, 5.74) is 1.58. The predicted molar refractivity (Wildman–Crippen MR) is 80.9 cm³/mol. The van der Waals surface area contributed by atoms with Gasteiger partial charge in [-0.3, -0.25) is 9.52 Å². The fourth-order valence-corrected chi connectivity index (χ4v) is 2.34. The Labute approximate surface area is 127 Å². The number of hydrogen-bond acceptors (Lipinski definition) is 5. The summed E-state index contributed by atoms with van der Waals surface area (Å²) in [6.45, 7) is 1.46. The van der Waals surface area contributed by atoms with E-state index in [1.54, 1.807) is 24.3 Å². The molecule has 0 saturated carbocycles. The number of halogens is 1. The Bertz CT molecular complexity index is 806. The number of carbonyl (C=O) groups excluding carboxylic acids is 1. The number of carbonyl (C=O) groups is 1. The smallest absolute Gasteiger partial charge is 0.231 e. The molecule has 0 amide bonds. The van der Waals surface area contributed by atoms with Gasteiger partial charge in [-0.1, -0.05) is 29.8 Å². The summed E-state index contributed by atoms with van der Waals surface area (Å²) in [4.78, 5) is 19.4. The van der Waals surface area contributed by atoms with Gasteiger partial charge in [-0.15, -0.1) is 0 Å². The maximum absolute atomic E-state index is 11.4. The zero-order valence-corrected chi connectivity index (χ0v) is 12.9. The summed E-state index contributed by atoms with van der Waals surface area (Å²) < 4.78 is 24.7. The molecule has 0 saturated heterocycles. The monoisotopic (exact) mass is 325 g/mol. The summed E-state index contributed by atoms with van der Waals surface area (Å²) in [6, 6.07) is 6.80. The highest BCUT2D eigenvalue weighted by atomic mass is 35.5. The van der Waals surface area contributed by atoms with Crippen molar-refractivity contribution in [2.75, 3.05) is 11.0 Å². The van der Waals surface area contributed by atoms with Gasteiger partial charge in [0.1, 0.15) is 0 Å². The summed E-state index contributed by atoms with van der Waals surface area (Å²) in [6.07, 6.45) is 2.41. The number of sulfonamides is 1. The second-order valence-corrected chi connectivity index (χ2v) is 6.51. The Kier molecular flexibility index (Phi) is 4.24. The van der Waals surface area contributed by atoms with Crippen molar-refractivity contribution < 1.29 is 13.2 Å². The molecular weight excluding hydrogens is 314 g/mol. The lowest BCUT2D eigenvalue weighted by Crippen LogP contribution is -2.12. The molecule has 0 spiro atoms. The molecule has 0 aliphatic carbocycles. The number of Topliss-reactive ketones (excluding diaryl/α,β-unsaturated/α-hetero) is 1. The number of aromatic nitrogens is 2.